The van der Waals surface area contributed by atoms with Crippen LogP contribution in [-0.4, -0.2) is 39.3 Å². The van der Waals surface area contributed by atoms with Gasteiger partial charge in [-0.1, -0.05) is 0 Å². The number of nitrogens with one attached hydrogen (secondary N) is 2. The summed E-state index contributed by atoms with van der Waals surface area (Å²) in [5, 5.41) is 22.3. The van der Waals surface area contributed by atoms with E-state index >= 15 is 0 Å². The molecule has 4 N–H and O–H groups in total. The van der Waals surface area contributed by atoms with E-state index in [1.165, 1.54) is 0 Å². The topological polar surface area (TPSA) is 86.8 Å². The van der Waals surface area contributed by atoms with E-state index in [9.17, 15) is 15.0 Å². The number of amides is 1. The summed E-state index contributed by atoms with van der Waals surface area (Å²) in [6.45, 7) is 2.26. The lowest BCUT2D eigenvalue weighted by Gasteiger charge is -2.20. The third-order valence-electron chi connectivity index (χ3n) is 4.46. The number of hydrogen-bond donors (Lipinski definition) is 4. The SMILES string of the molecule is CC1NC2=C(c3ccc(O)cc3)[NH+]=C(c3ccc(O)cc3)CN2C1=O. The van der Waals surface area contributed by atoms with Crippen LogP contribution < -0.4 is 10.3 Å². The van der Waals surface area contributed by atoms with E-state index in [0.29, 0.717) is 6.54 Å². The van der Waals surface area contributed by atoms with Crippen LogP contribution in [0.2, 0.25) is 0 Å². The summed E-state index contributed by atoms with van der Waals surface area (Å²) in [6.07, 6.45) is 0. The van der Waals surface area contributed by atoms with E-state index in [4.69, 9.17) is 0 Å². The molecule has 0 saturated carbocycles. The Morgan fingerprint density at radius 3 is 2.16 bits per heavy atom. The van der Waals surface area contributed by atoms with Crippen LogP contribution in [-0.2, 0) is 4.79 Å². The molecule has 4 rings (SSSR count). The van der Waals surface area contributed by atoms with Crippen LogP contribution in [0, 0.1) is 0 Å². The van der Waals surface area contributed by atoms with Gasteiger partial charge in [0, 0.05) is 5.56 Å². The second-order valence-corrected chi connectivity index (χ2v) is 6.21. The Bertz CT molecular complexity index is 899. The van der Waals surface area contributed by atoms with E-state index < -0.39 is 0 Å². The van der Waals surface area contributed by atoms with Gasteiger partial charge in [-0.3, -0.25) is 9.69 Å². The zero-order valence-electron chi connectivity index (χ0n) is 13.7. The Hall–Kier alpha value is -3.28. The Labute approximate surface area is 144 Å². The number of aromatic hydroxyl groups is 2. The van der Waals surface area contributed by atoms with Crippen molar-refractivity contribution >= 4 is 17.3 Å². The number of nitrogens with zero attached hydrogens (tertiary/aromatic N) is 1. The zero-order valence-corrected chi connectivity index (χ0v) is 13.7. The molecule has 2 aliphatic rings. The molecule has 1 amide bonds. The number of carbonyl (C=O) groups excluding carboxylic acids is 1. The lowest BCUT2D eigenvalue weighted by Crippen LogP contribution is -2.75. The summed E-state index contributed by atoms with van der Waals surface area (Å²) in [4.78, 5) is 17.7. The average Bonchev–Trinajstić information content (AvgIpc) is 2.90. The predicted octanol–water partition coefficient (Wildman–Crippen LogP) is 0.128. The van der Waals surface area contributed by atoms with Gasteiger partial charge in [-0.05, 0) is 55.5 Å². The van der Waals surface area contributed by atoms with Crippen molar-refractivity contribution in [1.82, 2.24) is 10.2 Å². The van der Waals surface area contributed by atoms with Crippen LogP contribution in [0.3, 0.4) is 0 Å². The number of phenolic OH excluding ortho intramolecular Hbond substituents is 2. The van der Waals surface area contributed by atoms with E-state index in [2.05, 4.69) is 10.3 Å². The normalized spacial score (nSPS) is 19.6. The van der Waals surface area contributed by atoms with Crippen molar-refractivity contribution < 1.29 is 20.0 Å². The van der Waals surface area contributed by atoms with Crippen molar-refractivity contribution in [2.45, 2.75) is 13.0 Å². The van der Waals surface area contributed by atoms with Crippen molar-refractivity contribution in [2.24, 2.45) is 0 Å². The fraction of sp³-hybridized carbons (Fsp3) is 0.158. The third-order valence-corrected chi connectivity index (χ3v) is 4.46. The molecule has 2 heterocycles. The largest absolute Gasteiger partial charge is 0.508 e. The van der Waals surface area contributed by atoms with E-state index in [1.807, 2.05) is 19.1 Å². The lowest BCUT2D eigenvalue weighted by atomic mass is 10.1. The molecule has 25 heavy (non-hydrogen) atoms. The van der Waals surface area contributed by atoms with Gasteiger partial charge in [0.05, 0.1) is 5.56 Å². The van der Waals surface area contributed by atoms with Gasteiger partial charge in [-0.25, -0.2) is 4.99 Å². The van der Waals surface area contributed by atoms with Gasteiger partial charge in [0.1, 0.15) is 24.1 Å². The van der Waals surface area contributed by atoms with Crippen molar-refractivity contribution in [1.29, 1.82) is 0 Å². The Morgan fingerprint density at radius 2 is 1.56 bits per heavy atom. The quantitative estimate of drug-likeness (QED) is 0.628. The van der Waals surface area contributed by atoms with Gasteiger partial charge in [-0.2, -0.15) is 0 Å². The summed E-state index contributed by atoms with van der Waals surface area (Å²) in [5.74, 6) is 1.14. The maximum Gasteiger partial charge on any atom is 0.252 e. The van der Waals surface area contributed by atoms with Crippen LogP contribution in [0.25, 0.3) is 5.70 Å². The highest BCUT2D eigenvalue weighted by atomic mass is 16.3. The lowest BCUT2D eigenvalue weighted by molar-refractivity contribution is -0.349. The monoisotopic (exact) mass is 336 g/mol. The van der Waals surface area contributed by atoms with Crippen molar-refractivity contribution in [3.05, 3.63) is 65.5 Å². The molecule has 0 bridgehead atoms. The molecule has 0 aliphatic carbocycles. The molecular formula is C19H18N3O3+. The molecular weight excluding hydrogens is 318 g/mol. The minimum absolute atomic E-state index is 0.0176. The smallest absolute Gasteiger partial charge is 0.252 e. The van der Waals surface area contributed by atoms with Crippen LogP contribution >= 0.6 is 0 Å². The van der Waals surface area contributed by atoms with Gasteiger partial charge in [0.15, 0.2) is 5.82 Å². The molecule has 126 valence electrons. The average molecular weight is 336 g/mol. The maximum absolute atomic E-state index is 12.5. The fourth-order valence-corrected chi connectivity index (χ4v) is 3.12. The number of carbonyl (C=O) groups is 1. The van der Waals surface area contributed by atoms with Gasteiger partial charge < -0.3 is 15.5 Å². The van der Waals surface area contributed by atoms with Crippen molar-refractivity contribution in [3.8, 4) is 11.5 Å². The summed E-state index contributed by atoms with van der Waals surface area (Å²) in [7, 11) is 0. The molecule has 1 atom stereocenters. The van der Waals surface area contributed by atoms with Crippen LogP contribution in [0.1, 0.15) is 18.1 Å². The number of phenols is 2. The molecule has 6 nitrogen and oxygen atoms in total. The molecule has 2 aromatic carbocycles. The van der Waals surface area contributed by atoms with Gasteiger partial charge in [0.2, 0.25) is 5.71 Å². The molecule has 1 saturated heterocycles. The molecule has 0 radical (unpaired) electrons. The highest BCUT2D eigenvalue weighted by Crippen LogP contribution is 2.24. The number of rotatable bonds is 2. The van der Waals surface area contributed by atoms with Gasteiger partial charge >= 0.3 is 0 Å². The first kappa shape index (κ1) is 15.3. The molecule has 1 fully saturated rings. The second-order valence-electron chi connectivity index (χ2n) is 6.21. The second kappa shape index (κ2) is 5.66. The summed E-state index contributed by atoms with van der Waals surface area (Å²) < 4.78 is 0. The maximum atomic E-state index is 12.5. The standard InChI is InChI=1S/C19H17N3O3/c1-11-19(25)22-10-16(12-2-6-14(23)7-3-12)21-17(18(22)20-11)13-4-8-15(24)9-5-13/h2-9,11,20,23-24H,10H2,1H3/p+1. The predicted molar refractivity (Wildman–Crippen MR) is 92.5 cm³/mol. The van der Waals surface area contributed by atoms with E-state index in [1.54, 1.807) is 41.3 Å². The van der Waals surface area contributed by atoms with Crippen molar-refractivity contribution in [2.75, 3.05) is 6.54 Å². The molecule has 6 heteroatoms. The summed E-state index contributed by atoms with van der Waals surface area (Å²) in [5.41, 5.74) is 3.42. The number of benzene rings is 2. The van der Waals surface area contributed by atoms with Gasteiger partial charge in [0.25, 0.3) is 11.6 Å². The summed E-state index contributed by atoms with van der Waals surface area (Å²) in [6, 6.07) is 13.4. The Balaban J connectivity index is 1.84. The van der Waals surface area contributed by atoms with E-state index in [-0.39, 0.29) is 23.4 Å². The molecule has 0 aromatic heterocycles. The van der Waals surface area contributed by atoms with Crippen molar-refractivity contribution in [3.63, 3.8) is 0 Å². The molecule has 2 aromatic rings. The first-order valence-corrected chi connectivity index (χ1v) is 8.07. The van der Waals surface area contributed by atoms with Crippen LogP contribution in [0.15, 0.2) is 54.4 Å². The minimum atomic E-state index is -0.289. The number of hydrogen-bond acceptors (Lipinski definition) is 4. The zero-order chi connectivity index (χ0) is 17.6. The third kappa shape index (κ3) is 2.61. The van der Waals surface area contributed by atoms with E-state index in [0.717, 1.165) is 28.4 Å². The minimum Gasteiger partial charge on any atom is -0.508 e. The van der Waals surface area contributed by atoms with Gasteiger partial charge in [-0.15, -0.1) is 0 Å². The Morgan fingerprint density at radius 1 is 1.00 bits per heavy atom. The first-order chi connectivity index (χ1) is 12.0. The highest BCUT2D eigenvalue weighted by Gasteiger charge is 2.41. The molecule has 0 spiro atoms. The molecule has 1 unspecified atom stereocenters. The highest BCUT2D eigenvalue weighted by molar-refractivity contribution is 6.03. The fourth-order valence-electron chi connectivity index (χ4n) is 3.12. The molecule has 2 aliphatic heterocycles. The number of fused-ring (bicyclic) bond motifs is 1. The van der Waals surface area contributed by atoms with Crippen LogP contribution in [0.5, 0.6) is 11.5 Å². The summed E-state index contributed by atoms with van der Waals surface area (Å²) >= 11 is 0. The Kier molecular flexibility index (Phi) is 3.46. The first-order valence-electron chi connectivity index (χ1n) is 8.07. The van der Waals surface area contributed by atoms with Crippen LogP contribution in [0.4, 0.5) is 0 Å².